The number of para-hydroxylation sites is 1. The molecule has 0 saturated heterocycles. The summed E-state index contributed by atoms with van der Waals surface area (Å²) in [5.74, 6) is 1.09. The van der Waals surface area contributed by atoms with E-state index in [1.54, 1.807) is 30.0 Å². The van der Waals surface area contributed by atoms with Gasteiger partial charge in [0.2, 0.25) is 5.89 Å². The molecule has 4 rings (SSSR count). The highest BCUT2D eigenvalue weighted by molar-refractivity contribution is 7.99. The van der Waals surface area contributed by atoms with E-state index in [1.165, 1.54) is 11.8 Å². The number of thioether (sulfide) groups is 1. The molecule has 0 spiro atoms. The van der Waals surface area contributed by atoms with Gasteiger partial charge >= 0.3 is 0 Å². The average Bonchev–Trinajstić information content (AvgIpc) is 3.12. The summed E-state index contributed by atoms with van der Waals surface area (Å²) in [5.41, 5.74) is 1.52. The normalized spacial score (nSPS) is 12.4. The van der Waals surface area contributed by atoms with Crippen molar-refractivity contribution in [3.63, 3.8) is 0 Å². The van der Waals surface area contributed by atoms with Crippen LogP contribution in [0.2, 0.25) is 0 Å². The number of aryl methyl sites for hydroxylation is 1. The van der Waals surface area contributed by atoms with Crippen LogP contribution in [0.4, 0.5) is 0 Å². The maximum atomic E-state index is 13.1. The highest BCUT2D eigenvalue weighted by atomic mass is 32.2. The number of benzene rings is 1. The molecular formula is C19H17N5O2S. The quantitative estimate of drug-likeness (QED) is 0.388. The van der Waals surface area contributed by atoms with Gasteiger partial charge in [-0.05, 0) is 37.6 Å². The van der Waals surface area contributed by atoms with Crippen molar-refractivity contribution in [1.29, 1.82) is 0 Å². The fourth-order valence-corrected chi connectivity index (χ4v) is 3.68. The monoisotopic (exact) mass is 379 g/mol. The van der Waals surface area contributed by atoms with Crippen LogP contribution in [-0.4, -0.2) is 24.7 Å². The summed E-state index contributed by atoms with van der Waals surface area (Å²) in [6, 6.07) is 11.1. The van der Waals surface area contributed by atoms with Gasteiger partial charge in [0.1, 0.15) is 0 Å². The molecule has 1 aromatic carbocycles. The van der Waals surface area contributed by atoms with Crippen molar-refractivity contribution >= 4 is 22.7 Å². The van der Waals surface area contributed by atoms with Crippen molar-refractivity contribution in [2.24, 2.45) is 0 Å². The van der Waals surface area contributed by atoms with E-state index in [0.717, 1.165) is 5.56 Å². The summed E-state index contributed by atoms with van der Waals surface area (Å²) >= 11 is 1.42. The molecule has 0 N–H and O–H groups in total. The van der Waals surface area contributed by atoms with E-state index in [4.69, 9.17) is 9.51 Å². The Hall–Kier alpha value is -3.00. The van der Waals surface area contributed by atoms with Gasteiger partial charge in [-0.3, -0.25) is 14.3 Å². The molecule has 3 heterocycles. The molecule has 7 nitrogen and oxygen atoms in total. The summed E-state index contributed by atoms with van der Waals surface area (Å²) in [6.45, 7) is 4.12. The Morgan fingerprint density at radius 1 is 1.19 bits per heavy atom. The Labute approximate surface area is 159 Å². The van der Waals surface area contributed by atoms with Crippen LogP contribution in [0.3, 0.4) is 0 Å². The molecule has 0 bridgehead atoms. The zero-order valence-electron chi connectivity index (χ0n) is 14.9. The van der Waals surface area contributed by atoms with Crippen LogP contribution in [-0.2, 0) is 6.54 Å². The van der Waals surface area contributed by atoms with Crippen molar-refractivity contribution in [2.75, 3.05) is 0 Å². The van der Waals surface area contributed by atoms with E-state index in [1.807, 2.05) is 37.3 Å². The Morgan fingerprint density at radius 3 is 2.78 bits per heavy atom. The summed E-state index contributed by atoms with van der Waals surface area (Å²) in [5, 5.41) is 4.89. The Bertz CT molecular complexity index is 1140. The number of aromatic nitrogens is 5. The van der Waals surface area contributed by atoms with Gasteiger partial charge in [-0.1, -0.05) is 35.1 Å². The first kappa shape index (κ1) is 17.4. The second-order valence-electron chi connectivity index (χ2n) is 6.10. The third-order valence-electron chi connectivity index (χ3n) is 4.06. The van der Waals surface area contributed by atoms with Gasteiger partial charge in [-0.25, -0.2) is 4.98 Å². The minimum Gasteiger partial charge on any atom is -0.338 e. The maximum Gasteiger partial charge on any atom is 0.262 e. The van der Waals surface area contributed by atoms with Crippen LogP contribution >= 0.6 is 11.8 Å². The number of hydrogen-bond donors (Lipinski definition) is 0. The van der Waals surface area contributed by atoms with E-state index in [0.29, 0.717) is 34.3 Å². The van der Waals surface area contributed by atoms with E-state index in [2.05, 4.69) is 15.1 Å². The standard InChI is InChI=1S/C19H17N5O2S/c1-12(17-21-13(2)23-26-17)27-19-22-16-8-4-3-7-15(16)18(25)24(19)11-14-6-5-9-20-10-14/h3-10,12H,11H2,1-2H3. The number of hydrogen-bond acceptors (Lipinski definition) is 7. The molecule has 0 amide bonds. The van der Waals surface area contributed by atoms with Gasteiger partial charge < -0.3 is 4.52 Å². The second-order valence-corrected chi connectivity index (χ2v) is 7.41. The molecule has 136 valence electrons. The molecule has 0 aliphatic carbocycles. The SMILES string of the molecule is Cc1noc(C(C)Sc2nc3ccccc3c(=O)n2Cc2cccnc2)n1. The minimum absolute atomic E-state index is 0.0825. The van der Waals surface area contributed by atoms with Gasteiger partial charge in [0, 0.05) is 12.4 Å². The first-order valence-electron chi connectivity index (χ1n) is 8.47. The van der Waals surface area contributed by atoms with Gasteiger partial charge in [0.25, 0.3) is 5.56 Å². The Balaban J connectivity index is 1.79. The van der Waals surface area contributed by atoms with E-state index < -0.39 is 0 Å². The van der Waals surface area contributed by atoms with Crippen LogP contribution in [0.25, 0.3) is 10.9 Å². The van der Waals surface area contributed by atoms with Crippen molar-refractivity contribution in [1.82, 2.24) is 24.7 Å². The van der Waals surface area contributed by atoms with E-state index in [9.17, 15) is 4.79 Å². The van der Waals surface area contributed by atoms with E-state index >= 15 is 0 Å². The lowest BCUT2D eigenvalue weighted by Gasteiger charge is -2.14. The van der Waals surface area contributed by atoms with Crippen LogP contribution < -0.4 is 5.56 Å². The smallest absolute Gasteiger partial charge is 0.262 e. The van der Waals surface area contributed by atoms with Crippen LogP contribution in [0.5, 0.6) is 0 Å². The Kier molecular flexibility index (Phi) is 4.72. The van der Waals surface area contributed by atoms with Crippen molar-refractivity contribution in [3.8, 4) is 0 Å². The number of rotatable bonds is 5. The highest BCUT2D eigenvalue weighted by Gasteiger charge is 2.19. The summed E-state index contributed by atoms with van der Waals surface area (Å²) in [4.78, 5) is 26.3. The molecule has 0 saturated carbocycles. The average molecular weight is 379 g/mol. The van der Waals surface area contributed by atoms with Gasteiger partial charge in [-0.15, -0.1) is 0 Å². The molecule has 3 aromatic heterocycles. The van der Waals surface area contributed by atoms with Crippen molar-refractivity contribution in [3.05, 3.63) is 76.4 Å². The topological polar surface area (TPSA) is 86.7 Å². The third-order valence-corrected chi connectivity index (χ3v) is 5.14. The van der Waals surface area contributed by atoms with Gasteiger partial charge in [0.15, 0.2) is 11.0 Å². The molecule has 0 radical (unpaired) electrons. The molecule has 0 aliphatic heterocycles. The zero-order chi connectivity index (χ0) is 18.8. The lowest BCUT2D eigenvalue weighted by atomic mass is 10.2. The fourth-order valence-electron chi connectivity index (χ4n) is 2.74. The minimum atomic E-state index is -0.139. The first-order valence-corrected chi connectivity index (χ1v) is 9.35. The third kappa shape index (κ3) is 3.61. The summed E-state index contributed by atoms with van der Waals surface area (Å²) in [7, 11) is 0. The highest BCUT2D eigenvalue weighted by Crippen LogP contribution is 2.33. The van der Waals surface area contributed by atoms with Crippen LogP contribution in [0.15, 0.2) is 63.3 Å². The number of pyridine rings is 1. The molecule has 0 aliphatic rings. The molecule has 1 unspecified atom stereocenters. The van der Waals surface area contributed by atoms with Gasteiger partial charge in [0.05, 0.1) is 22.7 Å². The maximum absolute atomic E-state index is 13.1. The largest absolute Gasteiger partial charge is 0.338 e. The molecular weight excluding hydrogens is 362 g/mol. The van der Waals surface area contributed by atoms with E-state index in [-0.39, 0.29) is 10.8 Å². The predicted molar refractivity (Wildman–Crippen MR) is 103 cm³/mol. The molecule has 8 heteroatoms. The van der Waals surface area contributed by atoms with Gasteiger partial charge in [-0.2, -0.15) is 4.98 Å². The lowest BCUT2D eigenvalue weighted by Crippen LogP contribution is -2.24. The van der Waals surface area contributed by atoms with Crippen LogP contribution in [0, 0.1) is 6.92 Å². The number of fused-ring (bicyclic) bond motifs is 1. The molecule has 27 heavy (non-hydrogen) atoms. The molecule has 0 fully saturated rings. The molecule has 1 atom stereocenters. The predicted octanol–water partition coefficient (Wildman–Crippen LogP) is 3.38. The summed E-state index contributed by atoms with van der Waals surface area (Å²) < 4.78 is 6.94. The lowest BCUT2D eigenvalue weighted by molar-refractivity contribution is 0.376. The zero-order valence-corrected chi connectivity index (χ0v) is 15.7. The fraction of sp³-hybridized carbons (Fsp3) is 0.211. The second kappa shape index (κ2) is 7.32. The van der Waals surface area contributed by atoms with Crippen molar-refractivity contribution in [2.45, 2.75) is 30.8 Å². The molecule has 4 aromatic rings. The van der Waals surface area contributed by atoms with Crippen molar-refractivity contribution < 1.29 is 4.52 Å². The van der Waals surface area contributed by atoms with Crippen LogP contribution in [0.1, 0.15) is 29.5 Å². The number of nitrogens with zero attached hydrogens (tertiary/aromatic N) is 5. The first-order chi connectivity index (χ1) is 13.1. The Morgan fingerprint density at radius 2 is 2.04 bits per heavy atom. The summed E-state index contributed by atoms with van der Waals surface area (Å²) in [6.07, 6.45) is 3.46.